The van der Waals surface area contributed by atoms with Crippen molar-refractivity contribution >= 4 is 9.84 Å². The molecule has 0 radical (unpaired) electrons. The standard InChI is InChI=1S/C34H54O4S/c1-32(2,3)31(36)22-27(39(37,38)26-9-7-6-8-10-26)14-11-23-13-16-29-28-15-12-24-21-25(35)17-19-34(24,5)30(28)18-20-33(23,29)4/h6-10,23-25,27-31,35-36H,11-22H2,1-5H3/t23-,24?,25?,27?,28?,29?,30?,31?,33?,34?/m0/s1. The Morgan fingerprint density at radius 3 is 2.28 bits per heavy atom. The van der Waals surface area contributed by atoms with Gasteiger partial charge < -0.3 is 10.2 Å². The Bertz CT molecular complexity index is 1090. The van der Waals surface area contributed by atoms with E-state index < -0.39 is 21.2 Å². The summed E-state index contributed by atoms with van der Waals surface area (Å²) in [6.07, 6.45) is 11.9. The summed E-state index contributed by atoms with van der Waals surface area (Å²) in [5.41, 5.74) is 0.332. The first-order valence-corrected chi connectivity index (χ1v) is 17.5. The molecule has 4 aliphatic carbocycles. The van der Waals surface area contributed by atoms with Crippen LogP contribution < -0.4 is 0 Å². The molecular weight excluding hydrogens is 504 g/mol. The smallest absolute Gasteiger partial charge is 0.181 e. The van der Waals surface area contributed by atoms with Crippen LogP contribution in [0.3, 0.4) is 0 Å². The maximum Gasteiger partial charge on any atom is 0.181 e. The highest BCUT2D eigenvalue weighted by Gasteiger charge is 2.60. The Morgan fingerprint density at radius 2 is 1.59 bits per heavy atom. The third-order valence-electron chi connectivity index (χ3n) is 12.7. The molecule has 0 amide bonds. The monoisotopic (exact) mass is 558 g/mol. The second-order valence-electron chi connectivity index (χ2n) is 15.6. The molecule has 4 aliphatic rings. The third kappa shape index (κ3) is 5.39. The van der Waals surface area contributed by atoms with Crippen molar-refractivity contribution in [3.8, 4) is 0 Å². The summed E-state index contributed by atoms with van der Waals surface area (Å²) in [5, 5.41) is 20.8. The summed E-state index contributed by atoms with van der Waals surface area (Å²) in [6.45, 7) is 11.1. The molecule has 1 aromatic rings. The van der Waals surface area contributed by atoms with Crippen LogP contribution in [0.4, 0.5) is 0 Å². The Hall–Kier alpha value is -0.910. The molecule has 1 aromatic carbocycles. The highest BCUT2D eigenvalue weighted by molar-refractivity contribution is 7.92. The van der Waals surface area contributed by atoms with Crippen LogP contribution in [0, 0.1) is 45.8 Å². The van der Waals surface area contributed by atoms with Crippen molar-refractivity contribution < 1.29 is 18.6 Å². The fourth-order valence-corrected chi connectivity index (χ4v) is 11.8. The summed E-state index contributed by atoms with van der Waals surface area (Å²) in [6, 6.07) is 8.88. The van der Waals surface area contributed by atoms with Gasteiger partial charge in [0.2, 0.25) is 0 Å². The minimum Gasteiger partial charge on any atom is -0.393 e. The van der Waals surface area contributed by atoms with Crippen molar-refractivity contribution in [2.75, 3.05) is 0 Å². The van der Waals surface area contributed by atoms with Crippen LogP contribution in [-0.2, 0) is 9.84 Å². The van der Waals surface area contributed by atoms with Gasteiger partial charge in [-0.05, 0) is 135 Å². The molecule has 39 heavy (non-hydrogen) atoms. The van der Waals surface area contributed by atoms with Gasteiger partial charge in [0.05, 0.1) is 22.4 Å². The van der Waals surface area contributed by atoms with E-state index in [1.54, 1.807) is 24.3 Å². The fourth-order valence-electron chi connectivity index (χ4n) is 10.0. The van der Waals surface area contributed by atoms with Crippen LogP contribution in [0.15, 0.2) is 35.2 Å². The Morgan fingerprint density at radius 1 is 0.923 bits per heavy atom. The van der Waals surface area contributed by atoms with E-state index in [2.05, 4.69) is 13.8 Å². The molecule has 0 aromatic heterocycles. The van der Waals surface area contributed by atoms with Gasteiger partial charge >= 0.3 is 0 Å². The lowest BCUT2D eigenvalue weighted by Gasteiger charge is -2.61. The first-order chi connectivity index (χ1) is 18.3. The van der Waals surface area contributed by atoms with Gasteiger partial charge in [-0.3, -0.25) is 0 Å². The van der Waals surface area contributed by atoms with Crippen LogP contribution >= 0.6 is 0 Å². The average molecular weight is 559 g/mol. The molecule has 0 spiro atoms. The number of benzene rings is 1. The Labute approximate surface area is 238 Å². The zero-order valence-electron chi connectivity index (χ0n) is 25.1. The zero-order chi connectivity index (χ0) is 28.2. The van der Waals surface area contributed by atoms with Crippen molar-refractivity contribution in [1.82, 2.24) is 0 Å². The van der Waals surface area contributed by atoms with Crippen LogP contribution in [0.25, 0.3) is 0 Å². The molecule has 0 saturated heterocycles. The molecule has 0 heterocycles. The number of aliphatic hydroxyl groups is 2. The summed E-state index contributed by atoms with van der Waals surface area (Å²) in [5.74, 6) is 3.56. The normalized spacial score (nSPS) is 40.3. The number of sulfone groups is 1. The number of hydrogen-bond donors (Lipinski definition) is 2. The van der Waals surface area contributed by atoms with E-state index in [4.69, 9.17) is 0 Å². The van der Waals surface area contributed by atoms with Crippen LogP contribution in [0.5, 0.6) is 0 Å². The molecule has 220 valence electrons. The minimum atomic E-state index is -3.52. The molecule has 5 rings (SSSR count). The van der Waals surface area contributed by atoms with E-state index in [0.29, 0.717) is 40.4 Å². The van der Waals surface area contributed by atoms with Crippen molar-refractivity contribution in [2.24, 2.45) is 45.8 Å². The summed E-state index contributed by atoms with van der Waals surface area (Å²) in [7, 11) is -3.52. The molecule has 0 aliphatic heterocycles. The number of rotatable bonds is 7. The SMILES string of the molecule is CC(C)(C)C(O)CC(CC[C@H]1CCC2C3CCC4CC(O)CCC4(C)C3CCC21C)S(=O)(=O)c1ccccc1. The van der Waals surface area contributed by atoms with Crippen LogP contribution in [0.1, 0.15) is 112 Å². The molecular formula is C34H54O4S. The van der Waals surface area contributed by atoms with Gasteiger partial charge in [-0.25, -0.2) is 8.42 Å². The van der Waals surface area contributed by atoms with Crippen molar-refractivity contribution in [2.45, 2.75) is 134 Å². The zero-order valence-corrected chi connectivity index (χ0v) is 25.9. The lowest BCUT2D eigenvalue weighted by molar-refractivity contribution is -0.127. The maximum absolute atomic E-state index is 13.8. The van der Waals surface area contributed by atoms with Gasteiger partial charge in [0.15, 0.2) is 9.84 Å². The lowest BCUT2D eigenvalue weighted by Crippen LogP contribution is -2.53. The average Bonchev–Trinajstić information content (AvgIpc) is 3.22. The molecule has 2 N–H and O–H groups in total. The predicted octanol–water partition coefficient (Wildman–Crippen LogP) is 7.43. The molecule has 9 unspecified atom stereocenters. The largest absolute Gasteiger partial charge is 0.393 e. The second kappa shape index (κ2) is 10.7. The molecule has 4 saturated carbocycles. The lowest BCUT2D eigenvalue weighted by atomic mass is 9.44. The molecule has 0 bridgehead atoms. The van der Waals surface area contributed by atoms with Gasteiger partial charge in [-0.2, -0.15) is 0 Å². The van der Waals surface area contributed by atoms with E-state index in [1.165, 1.54) is 44.9 Å². The summed E-state index contributed by atoms with van der Waals surface area (Å²) < 4.78 is 27.6. The quantitative estimate of drug-likeness (QED) is 0.365. The second-order valence-corrected chi connectivity index (χ2v) is 17.8. The minimum absolute atomic E-state index is 0.0961. The highest BCUT2D eigenvalue weighted by Crippen LogP contribution is 2.68. The van der Waals surface area contributed by atoms with Gasteiger partial charge in [-0.15, -0.1) is 0 Å². The molecule has 5 heteroatoms. The summed E-state index contributed by atoms with van der Waals surface area (Å²) in [4.78, 5) is 0.384. The van der Waals surface area contributed by atoms with Crippen molar-refractivity contribution in [3.05, 3.63) is 30.3 Å². The molecule has 4 nitrogen and oxygen atoms in total. The number of fused-ring (bicyclic) bond motifs is 5. The van der Waals surface area contributed by atoms with Gasteiger partial charge in [0, 0.05) is 0 Å². The van der Waals surface area contributed by atoms with Crippen LogP contribution in [-0.4, -0.2) is 36.1 Å². The van der Waals surface area contributed by atoms with Gasteiger partial charge in [-0.1, -0.05) is 52.8 Å². The number of hydrogen-bond acceptors (Lipinski definition) is 4. The highest BCUT2D eigenvalue weighted by atomic mass is 32.2. The van der Waals surface area contributed by atoms with E-state index in [-0.39, 0.29) is 11.5 Å². The van der Waals surface area contributed by atoms with Crippen molar-refractivity contribution in [3.63, 3.8) is 0 Å². The van der Waals surface area contributed by atoms with Gasteiger partial charge in [0.25, 0.3) is 0 Å². The third-order valence-corrected chi connectivity index (χ3v) is 14.9. The van der Waals surface area contributed by atoms with E-state index in [1.807, 2.05) is 26.8 Å². The Kier molecular flexibility index (Phi) is 8.14. The maximum atomic E-state index is 13.8. The predicted molar refractivity (Wildman–Crippen MR) is 158 cm³/mol. The Balaban J connectivity index is 1.32. The number of aliphatic hydroxyl groups excluding tert-OH is 2. The van der Waals surface area contributed by atoms with Gasteiger partial charge in [0.1, 0.15) is 0 Å². The van der Waals surface area contributed by atoms with E-state index >= 15 is 0 Å². The first-order valence-electron chi connectivity index (χ1n) is 15.9. The molecule has 4 fully saturated rings. The van der Waals surface area contributed by atoms with E-state index in [0.717, 1.165) is 37.0 Å². The van der Waals surface area contributed by atoms with E-state index in [9.17, 15) is 18.6 Å². The van der Waals surface area contributed by atoms with Crippen molar-refractivity contribution in [1.29, 1.82) is 0 Å². The van der Waals surface area contributed by atoms with Crippen LogP contribution in [0.2, 0.25) is 0 Å². The molecule has 10 atom stereocenters. The fraction of sp³-hybridized carbons (Fsp3) is 0.824. The summed E-state index contributed by atoms with van der Waals surface area (Å²) >= 11 is 0. The topological polar surface area (TPSA) is 74.6 Å². The first kappa shape index (κ1) is 29.6.